The number of carbonyl (C=O) groups excluding carboxylic acids is 6. The number of amides is 1. The molecule has 15 nitrogen and oxygen atoms in total. The number of aliphatic hydroxyl groups is 1. The standard InChI is InChI=1S/C47H61NO14/c1-12-17-33(50)61-46-24-57-32(46)22-25(2)45(11)37(46)39(60-41(53)29-18-14-13-15-19-29)47(55)23-31(26(3)34(44(47,9)10)36(38(45)51)58-28(5)49)59-40(52)27(4)35(30-20-16-21-56-30)48-42(54)62-43(6,7)8/h13-16,18-21,25,27,31-32,35-37,39,55H,12,17,22-24H2,1-11H3,(H,48,54). The number of nitrogens with one attached hydrogen (secondary N) is 1. The topological polar surface area (TPSA) is 203 Å². The van der Waals surface area contributed by atoms with E-state index in [1.54, 1.807) is 90.9 Å². The molecule has 2 aromatic rings. The molecule has 1 amide bonds. The molecule has 11 atom stereocenters. The third kappa shape index (κ3) is 8.06. The monoisotopic (exact) mass is 863 g/mol. The van der Waals surface area contributed by atoms with E-state index in [-0.39, 0.29) is 42.8 Å². The summed E-state index contributed by atoms with van der Waals surface area (Å²) in [6.45, 7) is 18.0. The van der Waals surface area contributed by atoms with Gasteiger partial charge in [0.25, 0.3) is 0 Å². The Bertz CT molecular complexity index is 2090. The number of rotatable bonds is 11. The maximum Gasteiger partial charge on any atom is 0.408 e. The van der Waals surface area contributed by atoms with Crippen LogP contribution in [-0.2, 0) is 47.6 Å². The Kier molecular flexibility index (Phi) is 12.7. The van der Waals surface area contributed by atoms with Crippen molar-refractivity contribution in [3.63, 3.8) is 0 Å². The van der Waals surface area contributed by atoms with Gasteiger partial charge >= 0.3 is 30.0 Å². The Morgan fingerprint density at radius 1 is 1.00 bits per heavy atom. The van der Waals surface area contributed by atoms with Gasteiger partial charge in [-0.1, -0.05) is 52.8 Å². The van der Waals surface area contributed by atoms with Crippen LogP contribution in [0.15, 0.2) is 64.3 Å². The number of hydrogen-bond donors (Lipinski definition) is 2. The number of hydrogen-bond acceptors (Lipinski definition) is 14. The van der Waals surface area contributed by atoms with Gasteiger partial charge in [-0.05, 0) is 88.8 Å². The maximum atomic E-state index is 15.7. The third-order valence-corrected chi connectivity index (χ3v) is 13.7. The summed E-state index contributed by atoms with van der Waals surface area (Å²) >= 11 is 0. The number of alkyl carbamates (subject to hydrolysis) is 1. The first-order valence-corrected chi connectivity index (χ1v) is 21.4. The molecule has 62 heavy (non-hydrogen) atoms. The zero-order valence-electron chi connectivity index (χ0n) is 37.5. The van der Waals surface area contributed by atoms with Crippen molar-refractivity contribution in [3.8, 4) is 0 Å². The van der Waals surface area contributed by atoms with Crippen LogP contribution >= 0.6 is 0 Å². The highest BCUT2D eigenvalue weighted by atomic mass is 16.6. The summed E-state index contributed by atoms with van der Waals surface area (Å²) in [5.41, 5.74) is -7.11. The SMILES string of the molecule is CCCC(=O)OC12COC1CC(C)C1(C)C(=O)C(OC(C)=O)C3=C(C)C(OC(=O)C(C)C(NC(=O)OC(C)(C)C)c4ccco4)CC(O)(C(OC(=O)c4ccccc4)C21)C3(C)C. The van der Waals surface area contributed by atoms with Gasteiger partial charge in [-0.25, -0.2) is 9.59 Å². The minimum atomic E-state index is -2.22. The molecule has 0 radical (unpaired) electrons. The van der Waals surface area contributed by atoms with Gasteiger partial charge in [-0.15, -0.1) is 0 Å². The van der Waals surface area contributed by atoms with Gasteiger partial charge in [0.1, 0.15) is 41.3 Å². The first kappa shape index (κ1) is 46.5. The predicted molar refractivity (Wildman–Crippen MR) is 221 cm³/mol. The summed E-state index contributed by atoms with van der Waals surface area (Å²) < 4.78 is 42.6. The van der Waals surface area contributed by atoms with Gasteiger partial charge in [-0.3, -0.25) is 19.2 Å². The Hall–Kier alpha value is -5.02. The van der Waals surface area contributed by atoms with Crippen LogP contribution in [0.2, 0.25) is 0 Å². The van der Waals surface area contributed by atoms with E-state index in [1.807, 2.05) is 13.8 Å². The van der Waals surface area contributed by atoms with E-state index in [9.17, 15) is 29.1 Å². The van der Waals surface area contributed by atoms with Crippen LogP contribution < -0.4 is 5.32 Å². The highest BCUT2D eigenvalue weighted by molar-refractivity contribution is 5.95. The van der Waals surface area contributed by atoms with Crippen molar-refractivity contribution in [1.29, 1.82) is 0 Å². The number of fused-ring (bicyclic) bond motifs is 5. The summed E-state index contributed by atoms with van der Waals surface area (Å²) in [5.74, 6) is -6.24. The molecule has 1 aromatic carbocycles. The first-order valence-electron chi connectivity index (χ1n) is 21.4. The number of carbonyl (C=O) groups is 6. The second-order valence-electron chi connectivity index (χ2n) is 19.1. The molecule has 3 fully saturated rings. The van der Waals surface area contributed by atoms with Crippen molar-refractivity contribution >= 4 is 35.8 Å². The molecule has 15 heteroatoms. The number of ketones is 1. The first-order chi connectivity index (χ1) is 28.9. The molecule has 2 bridgehead atoms. The van der Waals surface area contributed by atoms with Crippen molar-refractivity contribution in [2.45, 2.75) is 149 Å². The normalized spacial score (nSPS) is 32.2. The van der Waals surface area contributed by atoms with E-state index in [0.717, 1.165) is 0 Å². The second kappa shape index (κ2) is 16.9. The molecule has 1 aliphatic heterocycles. The molecule has 2 heterocycles. The Morgan fingerprint density at radius 2 is 1.68 bits per heavy atom. The molecule has 4 aliphatic rings. The van der Waals surface area contributed by atoms with Crippen LogP contribution in [-0.4, -0.2) is 88.7 Å². The van der Waals surface area contributed by atoms with Crippen LogP contribution in [0.3, 0.4) is 0 Å². The van der Waals surface area contributed by atoms with E-state index in [4.69, 9.17) is 32.8 Å². The molecule has 2 N–H and O–H groups in total. The van der Waals surface area contributed by atoms with Gasteiger partial charge in [0.2, 0.25) is 0 Å². The fraction of sp³-hybridized carbons (Fsp3) is 0.617. The van der Waals surface area contributed by atoms with Gasteiger partial charge < -0.3 is 43.3 Å². The maximum absolute atomic E-state index is 15.7. The lowest BCUT2D eigenvalue weighted by atomic mass is 9.43. The predicted octanol–water partition coefficient (Wildman–Crippen LogP) is 6.75. The van der Waals surface area contributed by atoms with E-state index < -0.39 is 112 Å². The van der Waals surface area contributed by atoms with Gasteiger partial charge in [0, 0.05) is 30.6 Å². The van der Waals surface area contributed by atoms with Crippen molar-refractivity contribution in [3.05, 3.63) is 71.2 Å². The zero-order valence-corrected chi connectivity index (χ0v) is 37.5. The Balaban J connectivity index is 1.54. The van der Waals surface area contributed by atoms with Crippen LogP contribution in [0.1, 0.15) is 124 Å². The van der Waals surface area contributed by atoms with Crippen molar-refractivity contribution < 1.29 is 66.7 Å². The number of ether oxygens (including phenoxy) is 6. The lowest BCUT2D eigenvalue weighted by molar-refractivity contribution is -0.341. The summed E-state index contributed by atoms with van der Waals surface area (Å²) in [5, 5.41) is 16.6. The molecular weight excluding hydrogens is 803 g/mol. The van der Waals surface area contributed by atoms with E-state index in [0.29, 0.717) is 12.0 Å². The minimum Gasteiger partial charge on any atom is -0.467 e. The molecule has 6 rings (SSSR count). The number of benzene rings is 1. The van der Waals surface area contributed by atoms with E-state index in [1.165, 1.54) is 20.1 Å². The van der Waals surface area contributed by atoms with Crippen LogP contribution in [0.5, 0.6) is 0 Å². The average Bonchev–Trinajstić information content (AvgIpc) is 3.72. The van der Waals surface area contributed by atoms with Crippen LogP contribution in [0.4, 0.5) is 4.79 Å². The average molecular weight is 864 g/mol. The van der Waals surface area contributed by atoms with Crippen molar-refractivity contribution in [1.82, 2.24) is 5.32 Å². The Labute approximate surface area is 362 Å². The number of esters is 4. The molecule has 338 valence electrons. The summed E-state index contributed by atoms with van der Waals surface area (Å²) in [4.78, 5) is 84.4. The molecule has 1 aromatic heterocycles. The summed E-state index contributed by atoms with van der Waals surface area (Å²) in [6.07, 6.45) is -4.31. The van der Waals surface area contributed by atoms with Crippen molar-refractivity contribution in [2.75, 3.05) is 6.61 Å². The second-order valence-corrected chi connectivity index (χ2v) is 19.1. The fourth-order valence-electron chi connectivity index (χ4n) is 10.2. The molecule has 1 saturated heterocycles. The van der Waals surface area contributed by atoms with Gasteiger partial charge in [0.05, 0.1) is 30.3 Å². The van der Waals surface area contributed by atoms with Crippen molar-refractivity contribution in [2.24, 2.45) is 28.6 Å². The zero-order chi connectivity index (χ0) is 45.7. The smallest absolute Gasteiger partial charge is 0.408 e. The Morgan fingerprint density at radius 3 is 2.24 bits per heavy atom. The number of Topliss-reactive ketones (excluding diaryl/α,β-unsaturated/α-hetero) is 1. The fourth-order valence-corrected chi connectivity index (χ4v) is 10.2. The molecule has 0 spiro atoms. The lowest BCUT2D eigenvalue weighted by Crippen LogP contribution is -2.81. The minimum absolute atomic E-state index is 0.0474. The van der Waals surface area contributed by atoms with Crippen LogP contribution in [0, 0.1) is 28.6 Å². The summed E-state index contributed by atoms with van der Waals surface area (Å²) in [7, 11) is 0. The third-order valence-electron chi connectivity index (χ3n) is 13.7. The molecule has 11 unspecified atom stereocenters. The van der Waals surface area contributed by atoms with Crippen LogP contribution in [0.25, 0.3) is 0 Å². The van der Waals surface area contributed by atoms with E-state index >= 15 is 4.79 Å². The van der Waals surface area contributed by atoms with E-state index in [2.05, 4.69) is 5.32 Å². The van der Waals surface area contributed by atoms with Gasteiger partial charge in [0.15, 0.2) is 17.5 Å². The van der Waals surface area contributed by atoms with Gasteiger partial charge in [-0.2, -0.15) is 0 Å². The largest absolute Gasteiger partial charge is 0.467 e. The highest BCUT2D eigenvalue weighted by Gasteiger charge is 2.78. The molecular formula is C47H61NO14. The highest BCUT2D eigenvalue weighted by Crippen LogP contribution is 2.65. The molecule has 3 aliphatic carbocycles. The summed E-state index contributed by atoms with van der Waals surface area (Å²) in [6, 6.07) is 10.3. The number of furan rings is 1. The quantitative estimate of drug-likeness (QED) is 0.136. The lowest BCUT2D eigenvalue weighted by Gasteiger charge is -2.68. The molecule has 2 saturated carbocycles.